The molecule has 0 bridgehead atoms. The van der Waals surface area contributed by atoms with Crippen molar-refractivity contribution in [2.75, 3.05) is 6.61 Å². The third kappa shape index (κ3) is 5.03. The van der Waals surface area contributed by atoms with Gasteiger partial charge in [0, 0.05) is 20.1 Å². The van der Waals surface area contributed by atoms with E-state index < -0.39 is 13.7 Å². The fraction of sp³-hybridized carbons (Fsp3) is 0.542. The van der Waals surface area contributed by atoms with Crippen molar-refractivity contribution >= 4 is 19.0 Å². The molecule has 3 aromatic rings. The molecule has 1 aliphatic carbocycles. The van der Waals surface area contributed by atoms with Crippen molar-refractivity contribution in [1.82, 2.24) is 20.0 Å². The second-order valence-electron chi connectivity index (χ2n) is 10.3. The molecule has 1 saturated carbocycles. The van der Waals surface area contributed by atoms with Crippen LogP contribution >= 0.6 is 0 Å². The summed E-state index contributed by atoms with van der Waals surface area (Å²) in [6.45, 7) is 11.8. The molecule has 1 aromatic carbocycles. The Morgan fingerprint density at radius 1 is 1.19 bits per heavy atom. The molecule has 2 heterocycles. The van der Waals surface area contributed by atoms with Gasteiger partial charge >= 0.3 is 0 Å². The Kier molecular flexibility index (Phi) is 6.38. The molecule has 0 aliphatic heterocycles. The highest BCUT2D eigenvalue weighted by Crippen LogP contribution is 2.36. The van der Waals surface area contributed by atoms with Crippen molar-refractivity contribution in [1.29, 1.82) is 0 Å². The summed E-state index contributed by atoms with van der Waals surface area (Å²) in [5, 5.41) is 21.1. The van der Waals surface area contributed by atoms with Crippen molar-refractivity contribution in [2.45, 2.75) is 70.8 Å². The van der Waals surface area contributed by atoms with Crippen LogP contribution in [0.4, 0.5) is 0 Å². The molecule has 32 heavy (non-hydrogen) atoms. The monoisotopic (exact) mass is 454 g/mol. The molecule has 0 amide bonds. The van der Waals surface area contributed by atoms with Crippen LogP contribution in [0, 0.1) is 5.92 Å². The third-order valence-corrected chi connectivity index (χ3v) is 7.64. The van der Waals surface area contributed by atoms with Gasteiger partial charge in [-0.3, -0.25) is 0 Å². The van der Waals surface area contributed by atoms with Gasteiger partial charge < -0.3 is 14.6 Å². The molecule has 7 nitrogen and oxygen atoms in total. The van der Waals surface area contributed by atoms with Crippen molar-refractivity contribution in [3.63, 3.8) is 0 Å². The van der Waals surface area contributed by atoms with Crippen LogP contribution in [0.3, 0.4) is 0 Å². The van der Waals surface area contributed by atoms with Gasteiger partial charge in [0.25, 0.3) is 0 Å². The topological polar surface area (TPSA) is 82.3 Å². The summed E-state index contributed by atoms with van der Waals surface area (Å²) in [6, 6.07) is 10.9. The van der Waals surface area contributed by atoms with Gasteiger partial charge in [-0.05, 0) is 49.1 Å². The summed E-state index contributed by atoms with van der Waals surface area (Å²) in [6.07, 6.45) is 4.22. The van der Waals surface area contributed by atoms with E-state index in [1.165, 1.54) is 0 Å². The smallest absolute Gasteiger partial charge is 0.152 e. The van der Waals surface area contributed by atoms with Crippen LogP contribution < -0.4 is 4.74 Å². The lowest BCUT2D eigenvalue weighted by atomic mass is 9.83. The first-order chi connectivity index (χ1) is 15.2. The minimum Gasteiger partial charge on any atom is -0.490 e. The zero-order chi connectivity index (χ0) is 22.9. The number of benzene rings is 1. The maximum Gasteiger partial charge on any atom is 0.152 e. The fourth-order valence-corrected chi connectivity index (χ4v) is 4.42. The second-order valence-corrected chi connectivity index (χ2v) is 15.9. The summed E-state index contributed by atoms with van der Waals surface area (Å²) < 4.78 is 13.4. The molecule has 4 rings (SSSR count). The maximum absolute atomic E-state index is 11.9. The first-order valence-corrected chi connectivity index (χ1v) is 15.1. The maximum atomic E-state index is 11.9. The highest BCUT2D eigenvalue weighted by Gasteiger charge is 2.40. The lowest BCUT2D eigenvalue weighted by molar-refractivity contribution is 0.00563. The Labute approximate surface area is 190 Å². The van der Waals surface area contributed by atoms with Gasteiger partial charge in [0.1, 0.15) is 12.5 Å². The van der Waals surface area contributed by atoms with Gasteiger partial charge in [-0.15, -0.1) is 5.10 Å². The summed E-state index contributed by atoms with van der Waals surface area (Å²) in [5.41, 5.74) is 0.626. The average molecular weight is 455 g/mol. The Bertz CT molecular complexity index is 1070. The van der Waals surface area contributed by atoms with E-state index in [1.807, 2.05) is 44.2 Å². The minimum absolute atomic E-state index is 0.149. The number of ether oxygens (including phenoxy) is 2. The molecule has 1 fully saturated rings. The number of rotatable bonds is 10. The van der Waals surface area contributed by atoms with E-state index in [2.05, 4.69) is 30.0 Å². The average Bonchev–Trinajstić information content (AvgIpc) is 3.42. The van der Waals surface area contributed by atoms with E-state index in [4.69, 9.17) is 14.5 Å². The van der Waals surface area contributed by atoms with Gasteiger partial charge in [0.2, 0.25) is 0 Å². The predicted molar refractivity (Wildman–Crippen MR) is 127 cm³/mol. The largest absolute Gasteiger partial charge is 0.490 e. The van der Waals surface area contributed by atoms with Gasteiger partial charge in [0.15, 0.2) is 5.60 Å². The van der Waals surface area contributed by atoms with Crippen molar-refractivity contribution in [3.05, 3.63) is 47.9 Å². The van der Waals surface area contributed by atoms with Crippen molar-refractivity contribution in [2.24, 2.45) is 5.92 Å². The molecule has 2 aromatic heterocycles. The predicted octanol–water partition coefficient (Wildman–Crippen LogP) is 4.57. The molecule has 1 unspecified atom stereocenters. The standard InChI is InChI=1S/C24H34N4O3Si/c1-17(2)24(29,23-15-25-27-28(23)16-30-12-13-32(3,4)5)22-11-6-18-14-20(31-19-7-8-19)9-10-21(18)26-22/h6,9-11,14-15,17,19,29H,7-8,12-13,16H2,1-5H3. The molecule has 1 N–H and O–H groups in total. The quantitative estimate of drug-likeness (QED) is 0.357. The lowest BCUT2D eigenvalue weighted by Gasteiger charge is -2.32. The Balaban J connectivity index is 1.59. The fourth-order valence-electron chi connectivity index (χ4n) is 3.67. The molecule has 8 heteroatoms. The molecular formula is C24H34N4O3Si. The van der Waals surface area contributed by atoms with Crippen LogP contribution in [0.1, 0.15) is 38.1 Å². The molecule has 0 saturated heterocycles. The minimum atomic E-state index is -1.34. The number of pyridine rings is 1. The number of nitrogens with zero attached hydrogens (tertiary/aromatic N) is 4. The highest BCUT2D eigenvalue weighted by molar-refractivity contribution is 6.76. The van der Waals surface area contributed by atoms with Crippen LogP contribution in [0.5, 0.6) is 5.75 Å². The van der Waals surface area contributed by atoms with Crippen LogP contribution in [-0.4, -0.2) is 45.9 Å². The van der Waals surface area contributed by atoms with Crippen LogP contribution in [0.15, 0.2) is 36.5 Å². The van der Waals surface area contributed by atoms with E-state index in [-0.39, 0.29) is 12.6 Å². The first-order valence-electron chi connectivity index (χ1n) is 11.4. The van der Waals surface area contributed by atoms with E-state index in [0.29, 0.717) is 24.1 Å². The highest BCUT2D eigenvalue weighted by atomic mass is 28.3. The normalized spacial score (nSPS) is 16.5. The van der Waals surface area contributed by atoms with Crippen molar-refractivity contribution in [3.8, 4) is 5.75 Å². The van der Waals surface area contributed by atoms with Gasteiger partial charge in [0.05, 0.1) is 29.2 Å². The molecule has 1 aliphatic rings. The first kappa shape index (κ1) is 22.9. The van der Waals surface area contributed by atoms with Crippen LogP contribution in [-0.2, 0) is 17.1 Å². The number of hydrogen-bond donors (Lipinski definition) is 1. The van der Waals surface area contributed by atoms with E-state index in [1.54, 1.807) is 10.9 Å². The molecule has 1 atom stereocenters. The van der Waals surface area contributed by atoms with Gasteiger partial charge in [-0.2, -0.15) is 0 Å². The molecule has 172 valence electrons. The summed E-state index contributed by atoms with van der Waals surface area (Å²) >= 11 is 0. The second kappa shape index (κ2) is 8.92. The lowest BCUT2D eigenvalue weighted by Crippen LogP contribution is -2.37. The Morgan fingerprint density at radius 2 is 1.97 bits per heavy atom. The van der Waals surface area contributed by atoms with Gasteiger partial charge in [-0.1, -0.05) is 44.8 Å². The third-order valence-electron chi connectivity index (χ3n) is 5.93. The van der Waals surface area contributed by atoms with E-state index >= 15 is 0 Å². The van der Waals surface area contributed by atoms with Gasteiger partial charge in [-0.25, -0.2) is 9.67 Å². The number of hydrogen-bond acceptors (Lipinski definition) is 6. The number of fused-ring (bicyclic) bond motifs is 1. The summed E-state index contributed by atoms with van der Waals surface area (Å²) in [7, 11) is -1.17. The summed E-state index contributed by atoms with van der Waals surface area (Å²) in [4.78, 5) is 4.82. The van der Waals surface area contributed by atoms with Crippen LogP contribution in [0.25, 0.3) is 10.9 Å². The SMILES string of the molecule is CC(C)C(O)(c1ccc2cc(OC3CC3)ccc2n1)c1cnnn1COCC[Si](C)(C)C. The zero-order valence-electron chi connectivity index (χ0n) is 19.7. The number of aromatic nitrogens is 4. The van der Waals surface area contributed by atoms with E-state index in [9.17, 15) is 5.11 Å². The van der Waals surface area contributed by atoms with Crippen LogP contribution in [0.2, 0.25) is 25.7 Å². The number of aliphatic hydroxyl groups is 1. The molecule has 0 spiro atoms. The zero-order valence-corrected chi connectivity index (χ0v) is 20.7. The summed E-state index contributed by atoms with van der Waals surface area (Å²) in [5.74, 6) is 0.718. The van der Waals surface area contributed by atoms with E-state index in [0.717, 1.165) is 35.5 Å². The molecule has 0 radical (unpaired) electrons. The Morgan fingerprint density at radius 3 is 2.66 bits per heavy atom. The Hall–Kier alpha value is -2.29. The molecular weight excluding hydrogens is 420 g/mol. The van der Waals surface area contributed by atoms with Crippen molar-refractivity contribution < 1.29 is 14.6 Å².